The average molecular weight is 313 g/mol. The Morgan fingerprint density at radius 2 is 1.83 bits per heavy atom. The van der Waals surface area contributed by atoms with Crippen LogP contribution in [0.25, 0.3) is 0 Å². The zero-order valence-electron chi connectivity index (χ0n) is 13.9. The van der Waals surface area contributed by atoms with Gasteiger partial charge in [-0.3, -0.25) is 4.79 Å². The van der Waals surface area contributed by atoms with E-state index in [2.05, 4.69) is 12.2 Å². The Bertz CT molecular complexity index is 650. The number of nitrogens with one attached hydrogen (secondary N) is 1. The van der Waals surface area contributed by atoms with E-state index in [1.807, 2.05) is 31.2 Å². The summed E-state index contributed by atoms with van der Waals surface area (Å²) in [4.78, 5) is 12.3. The van der Waals surface area contributed by atoms with E-state index in [1.165, 1.54) is 0 Å². The van der Waals surface area contributed by atoms with Gasteiger partial charge in [0.1, 0.15) is 0 Å². The van der Waals surface area contributed by atoms with Gasteiger partial charge < -0.3 is 14.8 Å². The van der Waals surface area contributed by atoms with Crippen molar-refractivity contribution in [1.82, 2.24) is 0 Å². The van der Waals surface area contributed by atoms with Crippen LogP contribution in [0.3, 0.4) is 0 Å². The minimum Gasteiger partial charge on any atom is -0.493 e. The third-order valence-electron chi connectivity index (χ3n) is 3.49. The molecular weight excluding hydrogens is 290 g/mol. The predicted octanol–water partition coefficient (Wildman–Crippen LogP) is 4.43. The number of hydrogen-bond donors (Lipinski definition) is 1. The summed E-state index contributed by atoms with van der Waals surface area (Å²) in [5.41, 5.74) is 2.45. The number of benzene rings is 2. The number of aryl methyl sites for hydroxylation is 1. The van der Waals surface area contributed by atoms with Crippen molar-refractivity contribution in [3.63, 3.8) is 0 Å². The fourth-order valence-corrected chi connectivity index (χ4v) is 2.09. The van der Waals surface area contributed by atoms with Crippen LogP contribution < -0.4 is 14.8 Å². The molecule has 4 heteroatoms. The molecule has 0 saturated heterocycles. The van der Waals surface area contributed by atoms with Crippen LogP contribution in [0.15, 0.2) is 42.5 Å². The molecule has 0 aromatic heterocycles. The lowest BCUT2D eigenvalue weighted by Gasteiger charge is -2.12. The Kier molecular flexibility index (Phi) is 6.03. The van der Waals surface area contributed by atoms with Crippen molar-refractivity contribution in [1.29, 1.82) is 0 Å². The molecule has 0 bridgehead atoms. The van der Waals surface area contributed by atoms with E-state index >= 15 is 0 Å². The molecule has 0 aliphatic carbocycles. The second-order valence-corrected chi connectivity index (χ2v) is 5.39. The third kappa shape index (κ3) is 4.74. The van der Waals surface area contributed by atoms with E-state index in [0.717, 1.165) is 24.1 Å². The number of amides is 1. The van der Waals surface area contributed by atoms with E-state index in [1.54, 1.807) is 25.3 Å². The van der Waals surface area contributed by atoms with E-state index in [-0.39, 0.29) is 5.91 Å². The normalized spacial score (nSPS) is 10.2. The highest BCUT2D eigenvalue weighted by atomic mass is 16.5. The molecular formula is C19H23NO3. The molecule has 1 N–H and O–H groups in total. The molecule has 0 fully saturated rings. The first-order valence-corrected chi connectivity index (χ1v) is 7.83. The summed E-state index contributed by atoms with van der Waals surface area (Å²) in [6.07, 6.45) is 2.05. The molecule has 0 heterocycles. The zero-order chi connectivity index (χ0) is 16.7. The van der Waals surface area contributed by atoms with Crippen molar-refractivity contribution >= 4 is 11.6 Å². The summed E-state index contributed by atoms with van der Waals surface area (Å²) in [6.45, 7) is 4.76. The second-order valence-electron chi connectivity index (χ2n) is 5.39. The number of carbonyl (C=O) groups excluding carboxylic acids is 1. The Labute approximate surface area is 137 Å². The highest BCUT2D eigenvalue weighted by Gasteiger charge is 2.11. The highest BCUT2D eigenvalue weighted by Crippen LogP contribution is 2.28. The fraction of sp³-hybridized carbons (Fsp3) is 0.316. The van der Waals surface area contributed by atoms with Gasteiger partial charge >= 0.3 is 0 Å². The summed E-state index contributed by atoms with van der Waals surface area (Å²) >= 11 is 0. The van der Waals surface area contributed by atoms with Crippen LogP contribution in [-0.2, 0) is 0 Å². The average Bonchev–Trinajstić information content (AvgIpc) is 2.57. The van der Waals surface area contributed by atoms with Gasteiger partial charge in [-0.15, -0.1) is 0 Å². The number of anilines is 1. The summed E-state index contributed by atoms with van der Waals surface area (Å²) in [6, 6.07) is 12.9. The Balaban J connectivity index is 2.09. The van der Waals surface area contributed by atoms with Gasteiger partial charge in [0.15, 0.2) is 11.5 Å². The van der Waals surface area contributed by atoms with Crippen LogP contribution in [-0.4, -0.2) is 19.6 Å². The molecule has 2 aromatic carbocycles. The van der Waals surface area contributed by atoms with E-state index in [0.29, 0.717) is 23.7 Å². The van der Waals surface area contributed by atoms with Crippen LogP contribution in [0, 0.1) is 6.92 Å². The van der Waals surface area contributed by atoms with Crippen molar-refractivity contribution in [3.8, 4) is 11.5 Å². The molecule has 0 atom stereocenters. The van der Waals surface area contributed by atoms with E-state index < -0.39 is 0 Å². The molecule has 1 amide bonds. The molecule has 0 saturated carbocycles. The Morgan fingerprint density at radius 3 is 2.48 bits per heavy atom. The van der Waals surface area contributed by atoms with Crippen molar-refractivity contribution in [3.05, 3.63) is 53.6 Å². The number of ether oxygens (including phenoxy) is 2. The van der Waals surface area contributed by atoms with Crippen molar-refractivity contribution in [2.45, 2.75) is 26.7 Å². The Hall–Kier alpha value is -2.49. The maximum Gasteiger partial charge on any atom is 0.255 e. The smallest absolute Gasteiger partial charge is 0.255 e. The molecule has 2 aromatic rings. The maximum atomic E-state index is 12.3. The van der Waals surface area contributed by atoms with E-state index in [4.69, 9.17) is 9.47 Å². The van der Waals surface area contributed by atoms with Gasteiger partial charge in [0.25, 0.3) is 5.91 Å². The fourth-order valence-electron chi connectivity index (χ4n) is 2.09. The van der Waals surface area contributed by atoms with Gasteiger partial charge in [0.2, 0.25) is 0 Å². The molecule has 23 heavy (non-hydrogen) atoms. The topological polar surface area (TPSA) is 47.6 Å². The zero-order valence-corrected chi connectivity index (χ0v) is 13.9. The minimum absolute atomic E-state index is 0.174. The van der Waals surface area contributed by atoms with Gasteiger partial charge in [0.05, 0.1) is 13.7 Å². The van der Waals surface area contributed by atoms with Gasteiger partial charge in [-0.2, -0.15) is 0 Å². The molecule has 0 aliphatic rings. The lowest BCUT2D eigenvalue weighted by atomic mass is 10.1. The van der Waals surface area contributed by atoms with Gasteiger partial charge in [-0.1, -0.05) is 31.0 Å². The monoisotopic (exact) mass is 313 g/mol. The highest BCUT2D eigenvalue weighted by molar-refractivity contribution is 6.04. The standard InChI is InChI=1S/C19H23NO3/c1-4-5-12-23-17-11-8-15(13-18(17)22-3)19(21)20-16-9-6-14(2)7-10-16/h6-11,13H,4-5,12H2,1-3H3,(H,20,21). The first kappa shape index (κ1) is 16.9. The van der Waals surface area contributed by atoms with Crippen LogP contribution in [0.1, 0.15) is 35.7 Å². The summed E-state index contributed by atoms with van der Waals surface area (Å²) < 4.78 is 11.0. The SMILES string of the molecule is CCCCOc1ccc(C(=O)Nc2ccc(C)cc2)cc1OC. The molecule has 0 spiro atoms. The molecule has 0 radical (unpaired) electrons. The van der Waals surface area contributed by atoms with Crippen molar-refractivity contribution in [2.24, 2.45) is 0 Å². The van der Waals surface area contributed by atoms with Crippen molar-refractivity contribution in [2.75, 3.05) is 19.0 Å². The van der Waals surface area contributed by atoms with Crippen LogP contribution in [0.2, 0.25) is 0 Å². The predicted molar refractivity (Wildman–Crippen MR) is 92.5 cm³/mol. The summed E-state index contributed by atoms with van der Waals surface area (Å²) in [7, 11) is 1.57. The molecule has 4 nitrogen and oxygen atoms in total. The first-order valence-electron chi connectivity index (χ1n) is 7.83. The van der Waals surface area contributed by atoms with Crippen LogP contribution >= 0.6 is 0 Å². The van der Waals surface area contributed by atoms with Crippen molar-refractivity contribution < 1.29 is 14.3 Å². The van der Waals surface area contributed by atoms with Gasteiger partial charge in [0, 0.05) is 11.3 Å². The molecule has 0 aliphatic heterocycles. The lowest BCUT2D eigenvalue weighted by Crippen LogP contribution is -2.12. The quantitative estimate of drug-likeness (QED) is 0.769. The first-order chi connectivity index (χ1) is 11.1. The van der Waals surface area contributed by atoms with Crippen LogP contribution in [0.5, 0.6) is 11.5 Å². The number of hydrogen-bond acceptors (Lipinski definition) is 3. The number of carbonyl (C=O) groups is 1. The largest absolute Gasteiger partial charge is 0.493 e. The van der Waals surface area contributed by atoms with Gasteiger partial charge in [-0.05, 0) is 43.7 Å². The summed E-state index contributed by atoms with van der Waals surface area (Å²) in [5.74, 6) is 1.05. The number of unbranched alkanes of at least 4 members (excludes halogenated alkanes) is 1. The second kappa shape index (κ2) is 8.22. The van der Waals surface area contributed by atoms with E-state index in [9.17, 15) is 4.79 Å². The number of methoxy groups -OCH3 is 1. The minimum atomic E-state index is -0.174. The summed E-state index contributed by atoms with van der Waals surface area (Å²) in [5, 5.41) is 2.87. The number of rotatable bonds is 7. The lowest BCUT2D eigenvalue weighted by molar-refractivity contribution is 0.102. The molecule has 122 valence electrons. The Morgan fingerprint density at radius 1 is 1.09 bits per heavy atom. The molecule has 2 rings (SSSR count). The maximum absolute atomic E-state index is 12.3. The molecule has 0 unspecified atom stereocenters. The van der Waals surface area contributed by atoms with Gasteiger partial charge in [-0.25, -0.2) is 0 Å². The third-order valence-corrected chi connectivity index (χ3v) is 3.49. The van der Waals surface area contributed by atoms with Crippen LogP contribution in [0.4, 0.5) is 5.69 Å².